The van der Waals surface area contributed by atoms with Crippen molar-refractivity contribution in [3.63, 3.8) is 0 Å². The van der Waals surface area contributed by atoms with Crippen LogP contribution in [0.5, 0.6) is 5.75 Å². The number of nitrogens with zero attached hydrogens (tertiary/aromatic N) is 2. The molecular formula is C10H9N4O. The molecule has 15 heavy (non-hydrogen) atoms. The average molecular weight is 201 g/mol. The fourth-order valence-electron chi connectivity index (χ4n) is 1.12. The van der Waals surface area contributed by atoms with Gasteiger partial charge in [-0.05, 0) is 12.1 Å². The number of rotatable bonds is 2. The number of benzene rings is 1. The first kappa shape index (κ1) is 9.26. The van der Waals surface area contributed by atoms with Crippen molar-refractivity contribution in [1.82, 2.24) is 9.97 Å². The molecule has 0 amide bonds. The van der Waals surface area contributed by atoms with E-state index in [9.17, 15) is 5.11 Å². The molecule has 1 radical (unpaired) electrons. The molecule has 5 heteroatoms. The number of hydrogen-bond acceptors (Lipinski definition) is 5. The minimum atomic E-state index is 0.135. The van der Waals surface area contributed by atoms with Crippen molar-refractivity contribution >= 4 is 17.5 Å². The Hall–Kier alpha value is -2.30. The third-order valence-corrected chi connectivity index (χ3v) is 1.78. The van der Waals surface area contributed by atoms with Gasteiger partial charge in [-0.3, -0.25) is 0 Å². The van der Waals surface area contributed by atoms with Gasteiger partial charge < -0.3 is 16.2 Å². The van der Waals surface area contributed by atoms with Crippen molar-refractivity contribution < 1.29 is 5.11 Å². The van der Waals surface area contributed by atoms with E-state index < -0.39 is 0 Å². The Morgan fingerprint density at radius 3 is 2.87 bits per heavy atom. The zero-order chi connectivity index (χ0) is 10.7. The van der Waals surface area contributed by atoms with Crippen LogP contribution in [0.2, 0.25) is 0 Å². The van der Waals surface area contributed by atoms with Crippen LogP contribution in [-0.2, 0) is 0 Å². The summed E-state index contributed by atoms with van der Waals surface area (Å²) in [6, 6.07) is 8.39. The van der Waals surface area contributed by atoms with E-state index in [1.807, 2.05) is 0 Å². The quantitative estimate of drug-likeness (QED) is 0.638. The number of nitrogens with one attached hydrogen (secondary N) is 1. The molecule has 1 heterocycles. The number of anilines is 3. The maximum Gasteiger partial charge on any atom is 0.222 e. The molecule has 1 aromatic heterocycles. The summed E-state index contributed by atoms with van der Waals surface area (Å²) in [5.74, 6) is 0.772. The van der Waals surface area contributed by atoms with Crippen molar-refractivity contribution in [2.45, 2.75) is 0 Å². The van der Waals surface area contributed by atoms with Crippen molar-refractivity contribution in [2.24, 2.45) is 0 Å². The zero-order valence-electron chi connectivity index (χ0n) is 7.81. The van der Waals surface area contributed by atoms with Gasteiger partial charge in [0.1, 0.15) is 11.6 Å². The van der Waals surface area contributed by atoms with Gasteiger partial charge in [-0.15, -0.1) is 0 Å². The smallest absolute Gasteiger partial charge is 0.222 e. The van der Waals surface area contributed by atoms with Crippen LogP contribution in [0, 0.1) is 6.20 Å². The summed E-state index contributed by atoms with van der Waals surface area (Å²) in [7, 11) is 0. The van der Waals surface area contributed by atoms with Gasteiger partial charge in [-0.2, -0.15) is 4.98 Å². The predicted octanol–water partition coefficient (Wildman–Crippen LogP) is 1.31. The Kier molecular flexibility index (Phi) is 2.37. The number of hydrogen-bond donors (Lipinski definition) is 3. The molecule has 0 spiro atoms. The number of aromatic nitrogens is 2. The van der Waals surface area contributed by atoms with Crippen LogP contribution in [0.4, 0.5) is 17.5 Å². The maximum absolute atomic E-state index is 9.49. The van der Waals surface area contributed by atoms with Crippen LogP contribution >= 0.6 is 0 Å². The summed E-state index contributed by atoms with van der Waals surface area (Å²) in [4.78, 5) is 7.57. The van der Waals surface area contributed by atoms with Crippen molar-refractivity contribution in [3.05, 3.63) is 36.5 Å². The third-order valence-electron chi connectivity index (χ3n) is 1.78. The molecule has 0 saturated carbocycles. The van der Waals surface area contributed by atoms with Crippen LogP contribution in [0.3, 0.4) is 0 Å². The van der Waals surface area contributed by atoms with Gasteiger partial charge >= 0.3 is 0 Å². The minimum Gasteiger partial charge on any atom is -0.506 e. The molecule has 0 atom stereocenters. The van der Waals surface area contributed by atoms with E-state index >= 15 is 0 Å². The SMILES string of the molecule is Nc1n[c]cc(Nc2ccccc2O)n1. The fourth-order valence-corrected chi connectivity index (χ4v) is 1.12. The molecule has 0 aliphatic heterocycles. The third kappa shape index (κ3) is 2.14. The first-order valence-electron chi connectivity index (χ1n) is 4.31. The van der Waals surface area contributed by atoms with Crippen LogP contribution in [-0.4, -0.2) is 15.1 Å². The first-order chi connectivity index (χ1) is 7.25. The summed E-state index contributed by atoms with van der Waals surface area (Å²) in [5, 5.41) is 12.4. The molecule has 2 rings (SSSR count). The van der Waals surface area contributed by atoms with Gasteiger partial charge in [-0.1, -0.05) is 12.1 Å². The molecule has 1 aromatic carbocycles. The molecule has 5 nitrogen and oxygen atoms in total. The fraction of sp³-hybridized carbons (Fsp3) is 0. The lowest BCUT2D eigenvalue weighted by Crippen LogP contribution is -1.99. The molecule has 0 bridgehead atoms. The summed E-state index contributed by atoms with van der Waals surface area (Å²) < 4.78 is 0. The van der Waals surface area contributed by atoms with Crippen molar-refractivity contribution in [1.29, 1.82) is 0 Å². The highest BCUT2D eigenvalue weighted by Crippen LogP contribution is 2.24. The lowest BCUT2D eigenvalue weighted by Gasteiger charge is -2.06. The Balaban J connectivity index is 2.26. The molecular weight excluding hydrogens is 192 g/mol. The first-order valence-corrected chi connectivity index (χ1v) is 4.31. The maximum atomic E-state index is 9.49. The molecule has 0 aliphatic rings. The van der Waals surface area contributed by atoms with Crippen LogP contribution in [0.15, 0.2) is 30.3 Å². The Bertz CT molecular complexity index is 472. The molecule has 0 fully saturated rings. The molecule has 2 aromatic rings. The largest absolute Gasteiger partial charge is 0.506 e. The normalized spacial score (nSPS) is 9.87. The highest BCUT2D eigenvalue weighted by Gasteiger charge is 2.01. The number of nitrogens with two attached hydrogens (primary N) is 1. The van der Waals surface area contributed by atoms with Gasteiger partial charge in [0, 0.05) is 6.07 Å². The van der Waals surface area contributed by atoms with Crippen LogP contribution in [0.1, 0.15) is 0 Å². The van der Waals surface area contributed by atoms with E-state index in [0.29, 0.717) is 11.5 Å². The summed E-state index contributed by atoms with van der Waals surface area (Å²) in [6.07, 6.45) is 2.59. The van der Waals surface area contributed by atoms with Crippen molar-refractivity contribution in [2.75, 3.05) is 11.1 Å². The second-order valence-corrected chi connectivity index (χ2v) is 2.88. The highest BCUT2D eigenvalue weighted by atomic mass is 16.3. The van der Waals surface area contributed by atoms with E-state index in [1.165, 1.54) is 0 Å². The number of nitrogen functional groups attached to an aromatic ring is 1. The van der Waals surface area contributed by atoms with Gasteiger partial charge in [-0.25, -0.2) is 4.98 Å². The van der Waals surface area contributed by atoms with E-state index in [2.05, 4.69) is 21.5 Å². The lowest BCUT2D eigenvalue weighted by molar-refractivity contribution is 0.477. The van der Waals surface area contributed by atoms with Gasteiger partial charge in [0.15, 0.2) is 0 Å². The number of para-hydroxylation sites is 2. The summed E-state index contributed by atoms with van der Waals surface area (Å²) in [6.45, 7) is 0. The van der Waals surface area contributed by atoms with Gasteiger partial charge in [0.05, 0.1) is 11.9 Å². The summed E-state index contributed by atoms with van der Waals surface area (Å²) >= 11 is 0. The van der Waals surface area contributed by atoms with Crippen LogP contribution < -0.4 is 11.1 Å². The predicted molar refractivity (Wildman–Crippen MR) is 56.7 cm³/mol. The van der Waals surface area contributed by atoms with Crippen LogP contribution in [0.25, 0.3) is 0 Å². The Morgan fingerprint density at radius 1 is 1.33 bits per heavy atom. The average Bonchev–Trinajstić information content (AvgIpc) is 2.22. The molecule has 0 unspecified atom stereocenters. The topological polar surface area (TPSA) is 84.1 Å². The van der Waals surface area contributed by atoms with E-state index in [-0.39, 0.29) is 11.7 Å². The number of phenolic OH excluding ortho intramolecular Hbond substituents is 1. The Morgan fingerprint density at radius 2 is 2.13 bits per heavy atom. The lowest BCUT2D eigenvalue weighted by atomic mass is 10.3. The van der Waals surface area contributed by atoms with Gasteiger partial charge in [0.25, 0.3) is 0 Å². The monoisotopic (exact) mass is 201 g/mol. The van der Waals surface area contributed by atoms with Crippen molar-refractivity contribution in [3.8, 4) is 5.75 Å². The molecule has 0 saturated heterocycles. The molecule has 75 valence electrons. The van der Waals surface area contributed by atoms with Gasteiger partial charge in [0.2, 0.25) is 5.95 Å². The van der Waals surface area contributed by atoms with E-state index in [4.69, 9.17) is 5.73 Å². The zero-order valence-corrected chi connectivity index (χ0v) is 7.81. The highest BCUT2D eigenvalue weighted by molar-refractivity contribution is 5.63. The Labute approximate surface area is 86.6 Å². The summed E-state index contributed by atoms with van der Waals surface area (Å²) in [5.41, 5.74) is 5.95. The number of phenols is 1. The second kappa shape index (κ2) is 3.83. The minimum absolute atomic E-state index is 0.135. The second-order valence-electron chi connectivity index (χ2n) is 2.88. The standard InChI is InChI=1S/C10H9N4O/c11-10-12-6-5-9(14-10)13-7-3-1-2-4-8(7)15/h1-5,15H,(H3,11,12,13,14). The molecule has 4 N–H and O–H groups in total. The number of aromatic hydroxyl groups is 1. The molecule has 0 aliphatic carbocycles. The van der Waals surface area contributed by atoms with E-state index in [0.717, 1.165) is 0 Å². The van der Waals surface area contributed by atoms with E-state index in [1.54, 1.807) is 30.3 Å².